The fourth-order valence-corrected chi connectivity index (χ4v) is 2.21. The van der Waals surface area contributed by atoms with Crippen molar-refractivity contribution in [2.24, 2.45) is 0 Å². The summed E-state index contributed by atoms with van der Waals surface area (Å²) < 4.78 is 16.9. The Hall–Kier alpha value is -3.14. The molecule has 2 N–H and O–H groups in total. The summed E-state index contributed by atoms with van der Waals surface area (Å²) in [7, 11) is 1.25. The zero-order valence-electron chi connectivity index (χ0n) is 11.1. The third-order valence-electron chi connectivity index (χ3n) is 3.18. The topological polar surface area (TPSA) is 99.5 Å². The second kappa shape index (κ2) is 4.76. The lowest BCUT2D eigenvalue weighted by Crippen LogP contribution is -2.11. The number of nitriles is 1. The van der Waals surface area contributed by atoms with Crippen molar-refractivity contribution < 1.29 is 19.0 Å². The molecule has 2 aromatic rings. The smallest absolute Gasteiger partial charge is 0.357 e. The van der Waals surface area contributed by atoms with Gasteiger partial charge in [0.15, 0.2) is 17.2 Å². The minimum absolute atomic E-state index is 0.0702. The molecule has 1 aliphatic rings. The first kappa shape index (κ1) is 12.9. The first-order valence-electron chi connectivity index (χ1n) is 6.05. The quantitative estimate of drug-likeness (QED) is 0.838. The molecule has 0 bridgehead atoms. The summed E-state index contributed by atoms with van der Waals surface area (Å²) in [5.41, 5.74) is 6.75. The summed E-state index contributed by atoms with van der Waals surface area (Å²) in [5, 5.41) is 9.10. The van der Waals surface area contributed by atoms with Gasteiger partial charge in [-0.25, -0.2) is 4.79 Å². The summed E-state index contributed by atoms with van der Waals surface area (Å²) in [4.78, 5) is 12.0. The van der Waals surface area contributed by atoms with Crippen LogP contribution in [0.25, 0.3) is 5.69 Å². The number of esters is 1. The Morgan fingerprint density at radius 3 is 3.00 bits per heavy atom. The molecule has 21 heavy (non-hydrogen) atoms. The zero-order valence-corrected chi connectivity index (χ0v) is 11.1. The van der Waals surface area contributed by atoms with Crippen molar-refractivity contribution >= 4 is 11.7 Å². The maximum atomic E-state index is 12.0. The SMILES string of the molecule is COC(=O)c1c(N)c(C#N)cn1-c1cccc2c1OCO2. The largest absolute Gasteiger partial charge is 0.464 e. The number of hydrogen-bond donors (Lipinski definition) is 1. The maximum Gasteiger partial charge on any atom is 0.357 e. The molecule has 1 aromatic heterocycles. The lowest BCUT2D eigenvalue weighted by Gasteiger charge is -2.10. The number of nitrogen functional groups attached to an aromatic ring is 1. The van der Waals surface area contributed by atoms with E-state index in [1.165, 1.54) is 17.9 Å². The van der Waals surface area contributed by atoms with Crippen molar-refractivity contribution in [2.45, 2.75) is 0 Å². The Balaban J connectivity index is 2.27. The number of para-hydroxylation sites is 1. The molecular weight excluding hydrogens is 274 g/mol. The van der Waals surface area contributed by atoms with Gasteiger partial charge in [-0.05, 0) is 12.1 Å². The van der Waals surface area contributed by atoms with Crippen LogP contribution in [-0.4, -0.2) is 24.4 Å². The summed E-state index contributed by atoms with van der Waals surface area (Å²) in [5.74, 6) is 0.418. The third-order valence-corrected chi connectivity index (χ3v) is 3.18. The van der Waals surface area contributed by atoms with Gasteiger partial charge in [0.05, 0.1) is 24.0 Å². The van der Waals surface area contributed by atoms with Crippen molar-refractivity contribution in [1.82, 2.24) is 4.57 Å². The third kappa shape index (κ3) is 1.85. The molecule has 0 aliphatic carbocycles. The van der Waals surface area contributed by atoms with Gasteiger partial charge in [-0.15, -0.1) is 0 Å². The highest BCUT2D eigenvalue weighted by molar-refractivity contribution is 5.96. The molecule has 0 amide bonds. The Morgan fingerprint density at radius 1 is 1.48 bits per heavy atom. The van der Waals surface area contributed by atoms with Crippen molar-refractivity contribution in [3.63, 3.8) is 0 Å². The van der Waals surface area contributed by atoms with Crippen LogP contribution in [0.1, 0.15) is 16.1 Å². The monoisotopic (exact) mass is 285 g/mol. The number of nitrogens with zero attached hydrogens (tertiary/aromatic N) is 2. The van der Waals surface area contributed by atoms with Crippen molar-refractivity contribution in [2.75, 3.05) is 19.6 Å². The number of aromatic nitrogens is 1. The molecule has 0 saturated carbocycles. The van der Waals surface area contributed by atoms with E-state index in [4.69, 9.17) is 25.2 Å². The van der Waals surface area contributed by atoms with Crippen LogP contribution in [0.15, 0.2) is 24.4 Å². The number of carbonyl (C=O) groups is 1. The molecule has 0 radical (unpaired) electrons. The fourth-order valence-electron chi connectivity index (χ4n) is 2.21. The Morgan fingerprint density at radius 2 is 2.29 bits per heavy atom. The van der Waals surface area contributed by atoms with E-state index in [1.807, 2.05) is 6.07 Å². The Bertz CT molecular complexity index is 773. The van der Waals surface area contributed by atoms with Crippen LogP contribution in [0.5, 0.6) is 11.5 Å². The molecular formula is C14H11N3O4. The van der Waals surface area contributed by atoms with Crippen LogP contribution in [0.2, 0.25) is 0 Å². The van der Waals surface area contributed by atoms with Crippen LogP contribution >= 0.6 is 0 Å². The first-order chi connectivity index (χ1) is 10.2. The molecule has 7 heteroatoms. The van der Waals surface area contributed by atoms with Gasteiger partial charge in [0.25, 0.3) is 0 Å². The van der Waals surface area contributed by atoms with Crippen LogP contribution in [0, 0.1) is 11.3 Å². The summed E-state index contributed by atoms with van der Waals surface area (Å²) in [6, 6.07) is 7.19. The van der Waals surface area contributed by atoms with Gasteiger partial charge < -0.3 is 24.5 Å². The molecule has 2 heterocycles. The second-order valence-corrected chi connectivity index (χ2v) is 4.29. The lowest BCUT2D eigenvalue weighted by atomic mass is 10.2. The molecule has 3 rings (SSSR count). The van der Waals surface area contributed by atoms with Crippen LogP contribution in [-0.2, 0) is 4.74 Å². The number of benzene rings is 1. The molecule has 0 atom stereocenters. The highest BCUT2D eigenvalue weighted by Crippen LogP contribution is 2.39. The van der Waals surface area contributed by atoms with Crippen molar-refractivity contribution in [3.05, 3.63) is 35.7 Å². The molecule has 0 spiro atoms. The van der Waals surface area contributed by atoms with E-state index in [2.05, 4.69) is 0 Å². The van der Waals surface area contributed by atoms with E-state index in [1.54, 1.807) is 18.2 Å². The van der Waals surface area contributed by atoms with Crippen molar-refractivity contribution in [3.8, 4) is 23.3 Å². The number of hydrogen-bond acceptors (Lipinski definition) is 6. The molecule has 1 aliphatic heterocycles. The van der Waals surface area contributed by atoms with Gasteiger partial charge in [-0.1, -0.05) is 6.07 Å². The average Bonchev–Trinajstić information content (AvgIpc) is 3.10. The molecule has 0 fully saturated rings. The van der Waals surface area contributed by atoms with E-state index < -0.39 is 5.97 Å². The van der Waals surface area contributed by atoms with Gasteiger partial charge in [-0.3, -0.25) is 0 Å². The Labute approximate surface area is 120 Å². The molecule has 1 aromatic carbocycles. The van der Waals surface area contributed by atoms with E-state index >= 15 is 0 Å². The average molecular weight is 285 g/mol. The number of nitrogens with two attached hydrogens (primary N) is 1. The second-order valence-electron chi connectivity index (χ2n) is 4.29. The fraction of sp³-hybridized carbons (Fsp3) is 0.143. The number of fused-ring (bicyclic) bond motifs is 1. The van der Waals surface area contributed by atoms with Gasteiger partial charge in [-0.2, -0.15) is 5.26 Å². The van der Waals surface area contributed by atoms with Gasteiger partial charge >= 0.3 is 5.97 Å². The number of ether oxygens (including phenoxy) is 3. The highest BCUT2D eigenvalue weighted by atomic mass is 16.7. The van der Waals surface area contributed by atoms with Crippen molar-refractivity contribution in [1.29, 1.82) is 5.26 Å². The minimum Gasteiger partial charge on any atom is -0.464 e. The summed E-state index contributed by atoms with van der Waals surface area (Å²) >= 11 is 0. The van der Waals surface area contributed by atoms with E-state index in [0.717, 1.165) is 0 Å². The molecule has 0 saturated heterocycles. The molecule has 106 valence electrons. The lowest BCUT2D eigenvalue weighted by molar-refractivity contribution is 0.0593. The number of rotatable bonds is 2. The normalized spacial score (nSPS) is 12.0. The highest BCUT2D eigenvalue weighted by Gasteiger charge is 2.26. The molecule has 7 nitrogen and oxygen atoms in total. The van der Waals surface area contributed by atoms with Crippen LogP contribution in [0.4, 0.5) is 5.69 Å². The predicted molar refractivity (Wildman–Crippen MR) is 72.4 cm³/mol. The first-order valence-corrected chi connectivity index (χ1v) is 6.05. The number of carbonyl (C=O) groups excluding carboxylic acids is 1. The molecule has 0 unspecified atom stereocenters. The van der Waals surface area contributed by atoms with Crippen LogP contribution in [0.3, 0.4) is 0 Å². The van der Waals surface area contributed by atoms with Crippen LogP contribution < -0.4 is 15.2 Å². The van der Waals surface area contributed by atoms with Gasteiger partial charge in [0, 0.05) is 6.20 Å². The standard InChI is InChI=1S/C14H11N3O4/c1-19-14(18)12-11(16)8(5-15)6-17(12)9-3-2-4-10-13(9)21-7-20-10/h2-4,6H,7,16H2,1H3. The zero-order chi connectivity index (χ0) is 15.0. The Kier molecular flexibility index (Phi) is 2.92. The maximum absolute atomic E-state index is 12.0. The number of anilines is 1. The predicted octanol–water partition coefficient (Wildman–Crippen LogP) is 1.45. The van der Waals surface area contributed by atoms with E-state index in [0.29, 0.717) is 17.2 Å². The summed E-state index contributed by atoms with van der Waals surface area (Å²) in [6.07, 6.45) is 1.47. The number of methoxy groups -OCH3 is 1. The summed E-state index contributed by atoms with van der Waals surface area (Å²) in [6.45, 7) is 0.0990. The van der Waals surface area contributed by atoms with E-state index in [9.17, 15) is 4.79 Å². The van der Waals surface area contributed by atoms with E-state index in [-0.39, 0.29) is 23.7 Å². The van der Waals surface area contributed by atoms with Gasteiger partial charge in [0.2, 0.25) is 6.79 Å². The minimum atomic E-state index is -0.634. The van der Waals surface area contributed by atoms with Gasteiger partial charge in [0.1, 0.15) is 6.07 Å².